The lowest BCUT2D eigenvalue weighted by molar-refractivity contribution is 0.813. The molecule has 0 saturated carbocycles. The van der Waals surface area contributed by atoms with Gasteiger partial charge in [-0.1, -0.05) is 62.2 Å². The number of hydrogen-bond acceptors (Lipinski definition) is 0. The molecule has 0 fully saturated rings. The highest BCUT2D eigenvalue weighted by atomic mass is 13.9. The minimum Gasteiger partial charge on any atom is -0.0882 e. The Balaban J connectivity index is 2.23. The van der Waals surface area contributed by atoms with Gasteiger partial charge in [0.1, 0.15) is 0 Å². The molecule has 0 amide bonds. The number of benzene rings is 1. The van der Waals surface area contributed by atoms with Crippen LogP contribution >= 0.6 is 0 Å². The first-order chi connectivity index (χ1) is 6.43. The van der Waals surface area contributed by atoms with Crippen molar-refractivity contribution in [1.82, 2.24) is 0 Å². The summed E-state index contributed by atoms with van der Waals surface area (Å²) in [6.07, 6.45) is 9.45. The van der Waals surface area contributed by atoms with E-state index < -0.39 is 0 Å². The van der Waals surface area contributed by atoms with E-state index in [2.05, 4.69) is 49.4 Å². The number of hydrogen-bond donors (Lipinski definition) is 0. The molecule has 0 bridgehead atoms. The second-order valence-corrected chi connectivity index (χ2v) is 3.30. The Morgan fingerprint density at radius 1 is 1.08 bits per heavy atom. The van der Waals surface area contributed by atoms with Gasteiger partial charge in [-0.15, -0.1) is 0 Å². The topological polar surface area (TPSA) is 0 Å². The molecule has 0 N–H and O–H groups in total. The van der Waals surface area contributed by atoms with Crippen molar-refractivity contribution in [1.29, 1.82) is 0 Å². The molecule has 0 radical (unpaired) electrons. The second-order valence-electron chi connectivity index (χ2n) is 3.30. The molecule has 0 aliphatic heterocycles. The van der Waals surface area contributed by atoms with E-state index in [-0.39, 0.29) is 0 Å². The van der Waals surface area contributed by atoms with Crippen LogP contribution in [0.3, 0.4) is 0 Å². The zero-order chi connectivity index (χ0) is 9.36. The smallest absolute Gasteiger partial charge is 0.00975 e. The van der Waals surface area contributed by atoms with Crippen LogP contribution in [0.25, 0.3) is 0 Å². The van der Waals surface area contributed by atoms with Gasteiger partial charge in [-0.3, -0.25) is 0 Å². The Labute approximate surface area is 81.3 Å². The van der Waals surface area contributed by atoms with Crippen molar-refractivity contribution in [3.63, 3.8) is 0 Å². The fraction of sp³-hybridized carbons (Fsp3) is 0.385. The average Bonchev–Trinajstić information content (AvgIpc) is 2.19. The molecule has 1 aromatic rings. The van der Waals surface area contributed by atoms with Crippen molar-refractivity contribution in [2.45, 2.75) is 32.6 Å². The first kappa shape index (κ1) is 10.0. The molecular formula is C13H18. The fourth-order valence-corrected chi connectivity index (χ4v) is 1.27. The standard InChI is InChI=1S/C13H18/c1-2-3-4-5-7-10-13-11-8-6-9-12-13/h5-9,11-12H,2-4,10H2,1H3. The Bertz CT molecular complexity index is 233. The van der Waals surface area contributed by atoms with E-state index in [4.69, 9.17) is 0 Å². The Morgan fingerprint density at radius 3 is 2.54 bits per heavy atom. The van der Waals surface area contributed by atoms with Gasteiger partial charge in [0.25, 0.3) is 0 Å². The van der Waals surface area contributed by atoms with Gasteiger partial charge in [0.15, 0.2) is 0 Å². The summed E-state index contributed by atoms with van der Waals surface area (Å²) in [7, 11) is 0. The summed E-state index contributed by atoms with van der Waals surface area (Å²) in [6, 6.07) is 10.6. The molecule has 0 aromatic heterocycles. The highest BCUT2D eigenvalue weighted by Gasteiger charge is 1.85. The summed E-state index contributed by atoms with van der Waals surface area (Å²) in [5.41, 5.74) is 1.40. The highest BCUT2D eigenvalue weighted by molar-refractivity contribution is 5.17. The number of unbranched alkanes of at least 4 members (excludes halogenated alkanes) is 2. The van der Waals surface area contributed by atoms with E-state index in [1.165, 1.54) is 24.8 Å². The highest BCUT2D eigenvalue weighted by Crippen LogP contribution is 2.01. The van der Waals surface area contributed by atoms with Crippen LogP contribution in [0.2, 0.25) is 0 Å². The molecule has 0 aliphatic carbocycles. The van der Waals surface area contributed by atoms with Gasteiger partial charge in [-0.25, -0.2) is 0 Å². The lowest BCUT2D eigenvalue weighted by atomic mass is 10.1. The van der Waals surface area contributed by atoms with Gasteiger partial charge in [-0.2, -0.15) is 0 Å². The molecule has 13 heavy (non-hydrogen) atoms. The molecule has 1 rings (SSSR count). The summed E-state index contributed by atoms with van der Waals surface area (Å²) < 4.78 is 0. The van der Waals surface area contributed by atoms with Crippen molar-refractivity contribution in [2.24, 2.45) is 0 Å². The summed E-state index contributed by atoms with van der Waals surface area (Å²) in [5, 5.41) is 0. The van der Waals surface area contributed by atoms with E-state index in [0.29, 0.717) is 0 Å². The minimum absolute atomic E-state index is 1.07. The fourth-order valence-electron chi connectivity index (χ4n) is 1.27. The molecule has 0 nitrogen and oxygen atoms in total. The quantitative estimate of drug-likeness (QED) is 0.468. The molecule has 0 atom stereocenters. The van der Waals surface area contributed by atoms with Gasteiger partial charge in [-0.05, 0) is 18.4 Å². The van der Waals surface area contributed by atoms with E-state index in [1.807, 2.05) is 0 Å². The number of rotatable bonds is 5. The van der Waals surface area contributed by atoms with E-state index in [9.17, 15) is 0 Å². The third-order valence-electron chi connectivity index (χ3n) is 2.09. The SMILES string of the molecule is CCCCC=CCc1ccccc1. The van der Waals surface area contributed by atoms with Gasteiger partial charge in [0, 0.05) is 0 Å². The predicted molar refractivity (Wildman–Crippen MR) is 58.8 cm³/mol. The zero-order valence-electron chi connectivity index (χ0n) is 8.37. The minimum atomic E-state index is 1.07. The Kier molecular flexibility index (Phi) is 5.00. The number of allylic oxidation sites excluding steroid dienone is 2. The van der Waals surface area contributed by atoms with Gasteiger partial charge < -0.3 is 0 Å². The molecule has 0 unspecified atom stereocenters. The van der Waals surface area contributed by atoms with Crippen LogP contribution < -0.4 is 0 Å². The molecule has 0 heteroatoms. The molecule has 0 spiro atoms. The third-order valence-corrected chi connectivity index (χ3v) is 2.09. The van der Waals surface area contributed by atoms with Crippen molar-refractivity contribution in [2.75, 3.05) is 0 Å². The van der Waals surface area contributed by atoms with Gasteiger partial charge in [0.2, 0.25) is 0 Å². The predicted octanol–water partition coefficient (Wildman–Crippen LogP) is 3.98. The van der Waals surface area contributed by atoms with E-state index in [0.717, 1.165) is 6.42 Å². The maximum Gasteiger partial charge on any atom is -0.00975 e. The Morgan fingerprint density at radius 2 is 1.85 bits per heavy atom. The third kappa shape index (κ3) is 4.51. The maximum atomic E-state index is 2.29. The van der Waals surface area contributed by atoms with Crippen molar-refractivity contribution in [3.8, 4) is 0 Å². The molecule has 0 saturated heterocycles. The summed E-state index contributed by atoms with van der Waals surface area (Å²) >= 11 is 0. The zero-order valence-corrected chi connectivity index (χ0v) is 8.37. The molecule has 1 aromatic carbocycles. The normalized spacial score (nSPS) is 10.8. The van der Waals surface area contributed by atoms with Gasteiger partial charge in [0.05, 0.1) is 0 Å². The maximum absolute atomic E-state index is 2.29. The van der Waals surface area contributed by atoms with Crippen LogP contribution in [0.4, 0.5) is 0 Å². The van der Waals surface area contributed by atoms with Crippen LogP contribution in [0.1, 0.15) is 31.7 Å². The van der Waals surface area contributed by atoms with Crippen molar-refractivity contribution < 1.29 is 0 Å². The molecule has 0 aliphatic rings. The molecule has 70 valence electrons. The second kappa shape index (κ2) is 6.47. The summed E-state index contributed by atoms with van der Waals surface area (Å²) in [6.45, 7) is 2.23. The van der Waals surface area contributed by atoms with Crippen molar-refractivity contribution >= 4 is 0 Å². The summed E-state index contributed by atoms with van der Waals surface area (Å²) in [4.78, 5) is 0. The van der Waals surface area contributed by atoms with Crippen LogP contribution in [0.15, 0.2) is 42.5 Å². The van der Waals surface area contributed by atoms with E-state index >= 15 is 0 Å². The van der Waals surface area contributed by atoms with Crippen LogP contribution in [-0.2, 0) is 6.42 Å². The first-order valence-electron chi connectivity index (χ1n) is 5.12. The monoisotopic (exact) mass is 174 g/mol. The van der Waals surface area contributed by atoms with Crippen LogP contribution in [0.5, 0.6) is 0 Å². The van der Waals surface area contributed by atoms with E-state index in [1.54, 1.807) is 0 Å². The van der Waals surface area contributed by atoms with Crippen LogP contribution in [0, 0.1) is 0 Å². The van der Waals surface area contributed by atoms with Gasteiger partial charge >= 0.3 is 0 Å². The summed E-state index contributed by atoms with van der Waals surface area (Å²) in [5.74, 6) is 0. The Hall–Kier alpha value is -1.04. The largest absolute Gasteiger partial charge is 0.0882 e. The van der Waals surface area contributed by atoms with Crippen LogP contribution in [-0.4, -0.2) is 0 Å². The average molecular weight is 174 g/mol. The lowest BCUT2D eigenvalue weighted by Crippen LogP contribution is -1.78. The van der Waals surface area contributed by atoms with Crippen molar-refractivity contribution in [3.05, 3.63) is 48.0 Å². The first-order valence-corrected chi connectivity index (χ1v) is 5.12. The molecular weight excluding hydrogens is 156 g/mol. The lowest BCUT2D eigenvalue weighted by Gasteiger charge is -1.94. The molecule has 0 heterocycles.